The van der Waals surface area contributed by atoms with Crippen molar-refractivity contribution in [2.75, 3.05) is 31.1 Å². The van der Waals surface area contributed by atoms with Crippen molar-refractivity contribution in [2.45, 2.75) is 87.9 Å². The maximum Gasteiger partial charge on any atom is 0.316 e. The Balaban J connectivity index is 1.15. The molecule has 5 aliphatic heterocycles. The van der Waals surface area contributed by atoms with E-state index in [-0.39, 0.29) is 5.54 Å². The SMILES string of the molecule is Brc1cccc2cccc(N3CCc4c(nc(OCC56CCCN5CCC6)nc4C4C[C@H]5CC[C@@H](C4)N5)C3)c12. The van der Waals surface area contributed by atoms with E-state index in [9.17, 15) is 0 Å². The van der Waals surface area contributed by atoms with Crippen molar-refractivity contribution in [3.63, 3.8) is 0 Å². The van der Waals surface area contributed by atoms with Gasteiger partial charge in [-0.15, -0.1) is 0 Å². The summed E-state index contributed by atoms with van der Waals surface area (Å²) in [6.07, 6.45) is 11.0. The molecule has 4 fully saturated rings. The molecule has 39 heavy (non-hydrogen) atoms. The predicted molar refractivity (Wildman–Crippen MR) is 159 cm³/mol. The fraction of sp³-hybridized carbons (Fsp3) is 0.562. The number of nitrogens with one attached hydrogen (secondary N) is 1. The lowest BCUT2D eigenvalue weighted by Gasteiger charge is -2.35. The van der Waals surface area contributed by atoms with E-state index in [0.717, 1.165) is 30.6 Å². The summed E-state index contributed by atoms with van der Waals surface area (Å²) in [6, 6.07) is 15.0. The number of piperidine rings is 1. The first-order valence-electron chi connectivity index (χ1n) is 15.1. The van der Waals surface area contributed by atoms with Gasteiger partial charge in [-0.1, -0.05) is 40.2 Å². The lowest BCUT2D eigenvalue weighted by molar-refractivity contribution is 0.107. The molecule has 0 saturated carbocycles. The third kappa shape index (κ3) is 4.27. The number of benzene rings is 2. The second-order valence-corrected chi connectivity index (χ2v) is 13.5. The van der Waals surface area contributed by atoms with Gasteiger partial charge in [-0.2, -0.15) is 9.97 Å². The van der Waals surface area contributed by atoms with Crippen LogP contribution in [0.4, 0.5) is 5.69 Å². The summed E-state index contributed by atoms with van der Waals surface area (Å²) in [5.74, 6) is 0.508. The number of aromatic nitrogens is 2. The van der Waals surface area contributed by atoms with E-state index in [0.29, 0.717) is 24.0 Å². The van der Waals surface area contributed by atoms with Crippen LogP contribution in [0.3, 0.4) is 0 Å². The molecule has 6 nitrogen and oxygen atoms in total. The number of halogens is 1. The third-order valence-corrected chi connectivity index (χ3v) is 11.1. The summed E-state index contributed by atoms with van der Waals surface area (Å²) in [6.45, 7) is 4.94. The molecule has 2 bridgehead atoms. The molecule has 3 aromatic rings. The zero-order valence-electron chi connectivity index (χ0n) is 22.7. The van der Waals surface area contributed by atoms with Crippen molar-refractivity contribution in [3.05, 3.63) is 57.8 Å². The Morgan fingerprint density at radius 3 is 2.54 bits per heavy atom. The zero-order chi connectivity index (χ0) is 26.0. The van der Waals surface area contributed by atoms with Crippen LogP contribution in [0.15, 0.2) is 40.9 Å². The van der Waals surface area contributed by atoms with Gasteiger partial charge in [-0.3, -0.25) is 4.90 Å². The Kier molecular flexibility index (Phi) is 6.11. The average molecular weight is 589 g/mol. The predicted octanol–water partition coefficient (Wildman–Crippen LogP) is 5.96. The van der Waals surface area contributed by atoms with Gasteiger partial charge in [0.15, 0.2) is 0 Å². The summed E-state index contributed by atoms with van der Waals surface area (Å²) < 4.78 is 7.74. The number of ether oxygens (including phenoxy) is 1. The van der Waals surface area contributed by atoms with E-state index < -0.39 is 0 Å². The van der Waals surface area contributed by atoms with Crippen LogP contribution in [-0.4, -0.2) is 58.7 Å². The molecule has 0 radical (unpaired) electrons. The lowest BCUT2D eigenvalue weighted by atomic mass is 9.85. The molecule has 1 unspecified atom stereocenters. The Morgan fingerprint density at radius 2 is 1.74 bits per heavy atom. The highest BCUT2D eigenvalue weighted by Gasteiger charge is 2.45. The van der Waals surface area contributed by atoms with Gasteiger partial charge in [0.1, 0.15) is 6.61 Å². The number of hydrogen-bond donors (Lipinski definition) is 1. The van der Waals surface area contributed by atoms with Crippen LogP contribution in [-0.2, 0) is 13.0 Å². The molecule has 6 heterocycles. The van der Waals surface area contributed by atoms with Crippen molar-refractivity contribution in [1.82, 2.24) is 20.2 Å². The molecule has 5 aliphatic rings. The topological polar surface area (TPSA) is 53.5 Å². The van der Waals surface area contributed by atoms with Crippen molar-refractivity contribution >= 4 is 32.4 Å². The monoisotopic (exact) mass is 587 g/mol. The van der Waals surface area contributed by atoms with Crippen LogP contribution in [0.25, 0.3) is 10.8 Å². The first kappa shape index (κ1) is 24.6. The van der Waals surface area contributed by atoms with E-state index in [4.69, 9.17) is 14.7 Å². The van der Waals surface area contributed by atoms with Crippen molar-refractivity contribution in [3.8, 4) is 6.01 Å². The Labute approximate surface area is 239 Å². The van der Waals surface area contributed by atoms with E-state index in [2.05, 4.69) is 67.4 Å². The number of fused-ring (bicyclic) bond motifs is 5. The average Bonchev–Trinajstić information content (AvgIpc) is 3.64. The lowest BCUT2D eigenvalue weighted by Crippen LogP contribution is -2.43. The highest BCUT2D eigenvalue weighted by molar-refractivity contribution is 9.10. The van der Waals surface area contributed by atoms with Gasteiger partial charge in [0, 0.05) is 40.1 Å². The fourth-order valence-corrected chi connectivity index (χ4v) is 9.11. The third-order valence-electron chi connectivity index (χ3n) is 10.4. The molecule has 2 aromatic carbocycles. The quantitative estimate of drug-likeness (QED) is 0.397. The molecule has 8 rings (SSSR count). The zero-order valence-corrected chi connectivity index (χ0v) is 24.3. The van der Waals surface area contributed by atoms with E-state index in [1.54, 1.807) is 0 Å². The van der Waals surface area contributed by atoms with Crippen LogP contribution in [0, 0.1) is 0 Å². The normalized spacial score (nSPS) is 27.6. The first-order chi connectivity index (χ1) is 19.1. The molecule has 0 aliphatic carbocycles. The molecule has 204 valence electrons. The molecule has 0 amide bonds. The smallest absolute Gasteiger partial charge is 0.316 e. The van der Waals surface area contributed by atoms with E-state index in [1.807, 2.05) is 0 Å². The highest BCUT2D eigenvalue weighted by atomic mass is 79.9. The standard InChI is InChI=1S/C32H38BrN5O/c33-26-7-1-5-21-6-2-8-28(29(21)26)37-16-11-25-27(19-37)35-31(39-20-32-12-3-14-38(32)15-4-13-32)36-30(25)22-17-23-9-10-24(18-22)34-23/h1-2,5-8,22-24,34H,3-4,9-20H2/t22?,23-,24+. The minimum Gasteiger partial charge on any atom is -0.461 e. The van der Waals surface area contributed by atoms with E-state index >= 15 is 0 Å². The number of nitrogens with zero attached hydrogens (tertiary/aromatic N) is 4. The molecule has 7 heteroatoms. The van der Waals surface area contributed by atoms with Gasteiger partial charge in [-0.25, -0.2) is 0 Å². The van der Waals surface area contributed by atoms with Gasteiger partial charge in [-0.05, 0) is 94.0 Å². The van der Waals surface area contributed by atoms with Crippen LogP contribution < -0.4 is 15.0 Å². The molecule has 4 saturated heterocycles. The molecule has 3 atom stereocenters. The Morgan fingerprint density at radius 1 is 0.974 bits per heavy atom. The van der Waals surface area contributed by atoms with E-state index in [1.165, 1.54) is 97.9 Å². The van der Waals surface area contributed by atoms with Crippen molar-refractivity contribution in [1.29, 1.82) is 0 Å². The van der Waals surface area contributed by atoms with Gasteiger partial charge < -0.3 is 15.0 Å². The highest BCUT2D eigenvalue weighted by Crippen LogP contribution is 2.42. The Bertz CT molecular complexity index is 1380. The van der Waals surface area contributed by atoms with Gasteiger partial charge in [0.05, 0.1) is 23.5 Å². The van der Waals surface area contributed by atoms with Crippen molar-refractivity contribution < 1.29 is 4.74 Å². The number of rotatable bonds is 5. The first-order valence-corrected chi connectivity index (χ1v) is 15.9. The summed E-state index contributed by atoms with van der Waals surface area (Å²) in [5, 5.41) is 6.38. The van der Waals surface area contributed by atoms with Crippen molar-refractivity contribution in [2.24, 2.45) is 0 Å². The summed E-state index contributed by atoms with van der Waals surface area (Å²) >= 11 is 3.83. The molecule has 1 aromatic heterocycles. The summed E-state index contributed by atoms with van der Waals surface area (Å²) in [4.78, 5) is 15.6. The van der Waals surface area contributed by atoms with Gasteiger partial charge in [0.2, 0.25) is 0 Å². The minimum absolute atomic E-state index is 0.203. The summed E-state index contributed by atoms with van der Waals surface area (Å²) in [5.41, 5.74) is 5.34. The maximum atomic E-state index is 6.59. The maximum absolute atomic E-state index is 6.59. The Hall–Kier alpha value is -2.22. The minimum atomic E-state index is 0.203. The fourth-order valence-electron chi connectivity index (χ4n) is 8.52. The second-order valence-electron chi connectivity index (χ2n) is 12.6. The number of anilines is 1. The molecule has 1 N–H and O–H groups in total. The summed E-state index contributed by atoms with van der Waals surface area (Å²) in [7, 11) is 0. The van der Waals surface area contributed by atoms with Crippen LogP contribution in [0.1, 0.15) is 74.2 Å². The molecule has 0 spiro atoms. The van der Waals surface area contributed by atoms with Crippen LogP contribution in [0.2, 0.25) is 0 Å². The second kappa shape index (κ2) is 9.71. The molecular formula is C32H38BrN5O. The largest absolute Gasteiger partial charge is 0.461 e. The number of hydrogen-bond acceptors (Lipinski definition) is 6. The van der Waals surface area contributed by atoms with Gasteiger partial charge >= 0.3 is 6.01 Å². The molecular weight excluding hydrogens is 550 g/mol. The van der Waals surface area contributed by atoms with Gasteiger partial charge in [0.25, 0.3) is 0 Å². The van der Waals surface area contributed by atoms with Crippen LogP contribution >= 0.6 is 15.9 Å². The van der Waals surface area contributed by atoms with Crippen LogP contribution in [0.5, 0.6) is 6.01 Å².